The number of hydrogen-bond donors (Lipinski definition) is 1. The maximum Gasteiger partial charge on any atom is 0.0806 e. The van der Waals surface area contributed by atoms with Gasteiger partial charge in [-0.3, -0.25) is 0 Å². The normalized spacial score (nSPS) is 19.8. The maximum absolute atomic E-state index is 8.50. The van der Waals surface area contributed by atoms with E-state index in [1.54, 1.807) is 0 Å². The van der Waals surface area contributed by atoms with Gasteiger partial charge >= 0.3 is 0 Å². The molecule has 4 heteroatoms. The summed E-state index contributed by atoms with van der Waals surface area (Å²) in [5.74, 6) is 0. The van der Waals surface area contributed by atoms with Gasteiger partial charge in [-0.15, -0.1) is 12.4 Å². The number of likely N-dealkylation sites (N-methyl/N-ethyl adjacent to an activating group) is 1. The zero-order chi connectivity index (χ0) is 8.27. The van der Waals surface area contributed by atoms with Crippen LogP contribution in [0.2, 0.25) is 0 Å². The molecule has 0 spiro atoms. The van der Waals surface area contributed by atoms with E-state index in [0.717, 1.165) is 30.8 Å². The molecule has 0 unspecified atom stereocenters. The molecule has 0 aromatic heterocycles. The summed E-state index contributed by atoms with van der Waals surface area (Å²) < 4.78 is 0. The predicted molar refractivity (Wildman–Crippen MR) is 52.3 cm³/mol. The largest absolute Gasteiger partial charge is 0.411 e. The molecule has 0 aliphatic carbocycles. The van der Waals surface area contributed by atoms with Gasteiger partial charge in [-0.25, -0.2) is 0 Å². The molecule has 1 N–H and O–H groups in total. The van der Waals surface area contributed by atoms with Crippen LogP contribution in [0.3, 0.4) is 0 Å². The predicted octanol–water partition coefficient (Wildman–Crippen LogP) is 1.52. The molecule has 0 atom stereocenters. The van der Waals surface area contributed by atoms with Gasteiger partial charge in [-0.1, -0.05) is 11.2 Å². The van der Waals surface area contributed by atoms with E-state index < -0.39 is 0 Å². The molecule has 12 heavy (non-hydrogen) atoms. The number of hydrogen-bond acceptors (Lipinski definition) is 3. The molecule has 0 amide bonds. The molecule has 0 aromatic carbocycles. The quantitative estimate of drug-likeness (QED) is 0.387. The lowest BCUT2D eigenvalue weighted by Crippen LogP contribution is -2.27. The SMILES string of the molecule is CC(=NO)C1=CCCN(C)C1.Cl. The maximum atomic E-state index is 8.50. The van der Waals surface area contributed by atoms with Crippen molar-refractivity contribution in [2.75, 3.05) is 20.1 Å². The number of oxime groups is 1. The van der Waals surface area contributed by atoms with E-state index in [1.165, 1.54) is 0 Å². The highest BCUT2D eigenvalue weighted by Gasteiger charge is 2.10. The van der Waals surface area contributed by atoms with Gasteiger partial charge in [0.2, 0.25) is 0 Å². The molecule has 0 fully saturated rings. The van der Waals surface area contributed by atoms with Crippen LogP contribution in [0.25, 0.3) is 0 Å². The van der Waals surface area contributed by atoms with Gasteiger partial charge in [0.25, 0.3) is 0 Å². The van der Waals surface area contributed by atoms with Crippen molar-refractivity contribution in [2.45, 2.75) is 13.3 Å². The van der Waals surface area contributed by atoms with Crippen molar-refractivity contribution in [1.29, 1.82) is 0 Å². The molecular formula is C8H15ClN2O. The summed E-state index contributed by atoms with van der Waals surface area (Å²) in [6.45, 7) is 3.82. The van der Waals surface area contributed by atoms with Crippen LogP contribution in [0.4, 0.5) is 0 Å². The zero-order valence-corrected chi connectivity index (χ0v) is 8.27. The van der Waals surface area contributed by atoms with Gasteiger partial charge < -0.3 is 10.1 Å². The van der Waals surface area contributed by atoms with E-state index in [0.29, 0.717) is 0 Å². The van der Waals surface area contributed by atoms with Gasteiger partial charge in [-0.2, -0.15) is 0 Å². The van der Waals surface area contributed by atoms with Crippen molar-refractivity contribution in [3.05, 3.63) is 11.6 Å². The van der Waals surface area contributed by atoms with Gasteiger partial charge in [0.1, 0.15) is 0 Å². The summed E-state index contributed by atoms with van der Waals surface area (Å²) in [6.07, 6.45) is 3.19. The Morgan fingerprint density at radius 1 is 1.67 bits per heavy atom. The van der Waals surface area contributed by atoms with Crippen molar-refractivity contribution >= 4 is 18.1 Å². The average molecular weight is 191 g/mol. The number of nitrogens with zero attached hydrogens (tertiary/aromatic N) is 2. The van der Waals surface area contributed by atoms with Gasteiger partial charge in [0.05, 0.1) is 5.71 Å². The summed E-state index contributed by atoms with van der Waals surface area (Å²) in [5.41, 5.74) is 1.87. The van der Waals surface area contributed by atoms with Crippen LogP contribution in [0, 0.1) is 0 Å². The van der Waals surface area contributed by atoms with Gasteiger partial charge in [0.15, 0.2) is 0 Å². The Balaban J connectivity index is 0.00000121. The summed E-state index contributed by atoms with van der Waals surface area (Å²) in [4.78, 5) is 2.21. The summed E-state index contributed by atoms with van der Waals surface area (Å²) in [6, 6.07) is 0. The third-order valence-electron chi connectivity index (χ3n) is 1.96. The Morgan fingerprint density at radius 3 is 2.83 bits per heavy atom. The molecule has 1 aliphatic heterocycles. The first-order valence-corrected chi connectivity index (χ1v) is 3.80. The summed E-state index contributed by atoms with van der Waals surface area (Å²) >= 11 is 0. The first-order chi connectivity index (χ1) is 5.24. The molecule has 1 rings (SSSR count). The highest BCUT2D eigenvalue weighted by Crippen LogP contribution is 2.08. The third-order valence-corrected chi connectivity index (χ3v) is 1.96. The minimum absolute atomic E-state index is 0. The standard InChI is InChI=1S/C8H14N2O.ClH/c1-7(9-11)8-4-3-5-10(2)6-8;/h4,11H,3,5-6H2,1-2H3;1H. The first kappa shape index (κ1) is 11.5. The second-order valence-corrected chi connectivity index (χ2v) is 2.94. The highest BCUT2D eigenvalue weighted by atomic mass is 35.5. The van der Waals surface area contributed by atoms with Crippen LogP contribution in [-0.4, -0.2) is 36.0 Å². The Kier molecular flexibility index (Phi) is 4.93. The summed E-state index contributed by atoms with van der Waals surface area (Å²) in [5, 5.41) is 11.7. The van der Waals surface area contributed by atoms with Crippen molar-refractivity contribution in [2.24, 2.45) is 5.16 Å². The molecule has 0 saturated carbocycles. The van der Waals surface area contributed by atoms with E-state index in [1.807, 2.05) is 6.92 Å². The fourth-order valence-electron chi connectivity index (χ4n) is 1.22. The lowest BCUT2D eigenvalue weighted by molar-refractivity contribution is 0.316. The third kappa shape index (κ3) is 2.83. The molecule has 3 nitrogen and oxygen atoms in total. The molecule has 0 bridgehead atoms. The molecule has 70 valence electrons. The van der Waals surface area contributed by atoms with Crippen molar-refractivity contribution in [3.63, 3.8) is 0 Å². The molecule has 0 radical (unpaired) electrons. The van der Waals surface area contributed by atoms with Crippen LogP contribution in [0.1, 0.15) is 13.3 Å². The van der Waals surface area contributed by atoms with Gasteiger partial charge in [0, 0.05) is 13.1 Å². The molecule has 0 saturated heterocycles. The second-order valence-electron chi connectivity index (χ2n) is 2.94. The van der Waals surface area contributed by atoms with E-state index >= 15 is 0 Å². The van der Waals surface area contributed by atoms with Crippen LogP contribution in [0.15, 0.2) is 16.8 Å². The Bertz CT molecular complexity index is 201. The lowest BCUT2D eigenvalue weighted by Gasteiger charge is -2.22. The fourth-order valence-corrected chi connectivity index (χ4v) is 1.22. The van der Waals surface area contributed by atoms with Gasteiger partial charge in [-0.05, 0) is 26.0 Å². The topological polar surface area (TPSA) is 35.8 Å². The van der Waals surface area contributed by atoms with Crippen LogP contribution in [0.5, 0.6) is 0 Å². The Morgan fingerprint density at radius 2 is 2.33 bits per heavy atom. The average Bonchev–Trinajstić information content (AvgIpc) is 2.03. The first-order valence-electron chi connectivity index (χ1n) is 3.80. The number of halogens is 1. The minimum Gasteiger partial charge on any atom is -0.411 e. The molecule has 1 aliphatic rings. The Hall–Kier alpha value is -0.540. The molecular weight excluding hydrogens is 176 g/mol. The zero-order valence-electron chi connectivity index (χ0n) is 7.45. The lowest BCUT2D eigenvalue weighted by atomic mass is 10.1. The molecule has 1 heterocycles. The van der Waals surface area contributed by atoms with E-state index in [-0.39, 0.29) is 12.4 Å². The highest BCUT2D eigenvalue weighted by molar-refractivity contribution is 5.98. The molecule has 0 aromatic rings. The van der Waals surface area contributed by atoms with E-state index in [4.69, 9.17) is 5.21 Å². The second kappa shape index (κ2) is 5.17. The Labute approximate surface area is 79.2 Å². The van der Waals surface area contributed by atoms with Crippen molar-refractivity contribution in [3.8, 4) is 0 Å². The monoisotopic (exact) mass is 190 g/mol. The number of rotatable bonds is 1. The van der Waals surface area contributed by atoms with Crippen LogP contribution >= 0.6 is 12.4 Å². The summed E-state index contributed by atoms with van der Waals surface area (Å²) in [7, 11) is 2.07. The van der Waals surface area contributed by atoms with Crippen molar-refractivity contribution < 1.29 is 5.21 Å². The van der Waals surface area contributed by atoms with Crippen LogP contribution < -0.4 is 0 Å². The van der Waals surface area contributed by atoms with Crippen LogP contribution in [-0.2, 0) is 0 Å². The van der Waals surface area contributed by atoms with Crippen molar-refractivity contribution in [1.82, 2.24) is 4.90 Å². The fraction of sp³-hybridized carbons (Fsp3) is 0.625. The van der Waals surface area contributed by atoms with E-state index in [2.05, 4.69) is 23.2 Å². The van der Waals surface area contributed by atoms with E-state index in [9.17, 15) is 0 Å². The smallest absolute Gasteiger partial charge is 0.0806 e. The minimum atomic E-state index is 0.